The van der Waals surface area contributed by atoms with Crippen LogP contribution < -0.4 is 5.32 Å². The van der Waals surface area contributed by atoms with Crippen molar-refractivity contribution in [2.45, 2.75) is 50.0 Å². The summed E-state index contributed by atoms with van der Waals surface area (Å²) in [5.74, 6) is -0.143. The van der Waals surface area contributed by atoms with Crippen molar-refractivity contribution in [3.05, 3.63) is 71.3 Å². The first kappa shape index (κ1) is 20.9. The second-order valence-corrected chi connectivity index (χ2v) is 9.17. The average Bonchev–Trinajstić information content (AvgIpc) is 2.68. The Morgan fingerprint density at radius 2 is 1.83 bits per heavy atom. The zero-order valence-electron chi connectivity index (χ0n) is 16.8. The van der Waals surface area contributed by atoms with Gasteiger partial charge in [-0.2, -0.15) is 5.26 Å². The van der Waals surface area contributed by atoms with Crippen LogP contribution in [0.3, 0.4) is 0 Å². The van der Waals surface area contributed by atoms with Crippen LogP contribution in [0.2, 0.25) is 0 Å². The van der Waals surface area contributed by atoms with E-state index in [1.165, 1.54) is 0 Å². The SMILES string of the molecule is CC(C)(C)OC(=O)N[C@@H](c1ccccc1)[C@@]1(SC#N)CCc2ccccc2C1=O. The molecular weight excluding hydrogens is 384 g/mol. The maximum absolute atomic E-state index is 13.6. The number of fused-ring (bicyclic) bond motifs is 1. The molecule has 0 saturated carbocycles. The number of nitrogens with zero attached hydrogens (tertiary/aromatic N) is 1. The van der Waals surface area contributed by atoms with Gasteiger partial charge in [0.05, 0.1) is 6.04 Å². The summed E-state index contributed by atoms with van der Waals surface area (Å²) >= 11 is 0.920. The van der Waals surface area contributed by atoms with Crippen LogP contribution in [0, 0.1) is 10.7 Å². The maximum atomic E-state index is 13.6. The van der Waals surface area contributed by atoms with Crippen LogP contribution in [0.15, 0.2) is 54.6 Å². The number of nitrogens with one attached hydrogen (secondary N) is 1. The predicted octanol–water partition coefficient (Wildman–Crippen LogP) is 5.03. The predicted molar refractivity (Wildman–Crippen MR) is 114 cm³/mol. The van der Waals surface area contributed by atoms with Crippen molar-refractivity contribution in [2.24, 2.45) is 0 Å². The van der Waals surface area contributed by atoms with Gasteiger partial charge in [0.25, 0.3) is 0 Å². The third kappa shape index (κ3) is 4.46. The molecule has 5 nitrogen and oxygen atoms in total. The summed E-state index contributed by atoms with van der Waals surface area (Å²) < 4.78 is 4.32. The molecule has 0 unspecified atom stereocenters. The lowest BCUT2D eigenvalue weighted by Gasteiger charge is -2.40. The summed E-state index contributed by atoms with van der Waals surface area (Å²) in [7, 11) is 0. The molecule has 1 aliphatic rings. The molecule has 3 rings (SSSR count). The van der Waals surface area contributed by atoms with Gasteiger partial charge in [0.15, 0.2) is 5.78 Å². The number of carbonyl (C=O) groups is 2. The van der Waals surface area contributed by atoms with Crippen molar-refractivity contribution in [1.82, 2.24) is 5.32 Å². The van der Waals surface area contributed by atoms with Crippen molar-refractivity contribution < 1.29 is 14.3 Å². The normalized spacial score (nSPS) is 19.6. The van der Waals surface area contributed by atoms with E-state index in [9.17, 15) is 14.9 Å². The molecule has 0 spiro atoms. The van der Waals surface area contributed by atoms with Crippen molar-refractivity contribution in [3.63, 3.8) is 0 Å². The zero-order chi connectivity index (χ0) is 21.1. The van der Waals surface area contributed by atoms with E-state index in [4.69, 9.17) is 4.74 Å². The maximum Gasteiger partial charge on any atom is 0.408 e. The summed E-state index contributed by atoms with van der Waals surface area (Å²) in [5.41, 5.74) is 1.65. The highest BCUT2D eigenvalue weighted by atomic mass is 32.2. The van der Waals surface area contributed by atoms with Gasteiger partial charge >= 0.3 is 6.09 Å². The van der Waals surface area contributed by atoms with Gasteiger partial charge in [-0.05, 0) is 56.5 Å². The molecule has 150 valence electrons. The number of rotatable bonds is 4. The van der Waals surface area contributed by atoms with Gasteiger partial charge in [0.2, 0.25) is 0 Å². The molecule has 1 amide bonds. The average molecular weight is 409 g/mol. The number of nitriles is 1. The van der Waals surface area contributed by atoms with Gasteiger partial charge < -0.3 is 10.1 Å². The molecular formula is C23H24N2O3S. The number of Topliss-reactive ketones (excluding diaryl/α,β-unsaturated/α-hetero) is 1. The number of alkyl carbamates (subject to hydrolysis) is 1. The molecule has 2 aromatic rings. The number of aryl methyl sites for hydroxylation is 1. The summed E-state index contributed by atoms with van der Waals surface area (Å²) in [6, 6.07) is 16.0. The minimum absolute atomic E-state index is 0.143. The van der Waals surface area contributed by atoms with Gasteiger partial charge in [-0.15, -0.1) is 0 Å². The minimum atomic E-state index is -1.14. The monoisotopic (exact) mass is 408 g/mol. The third-order valence-electron chi connectivity index (χ3n) is 4.90. The highest BCUT2D eigenvalue weighted by Crippen LogP contribution is 2.47. The lowest BCUT2D eigenvalue weighted by molar-refractivity contribution is 0.0487. The molecule has 0 aliphatic heterocycles. The van der Waals surface area contributed by atoms with Crippen LogP contribution in [-0.4, -0.2) is 22.2 Å². The second kappa shape index (κ2) is 8.30. The summed E-state index contributed by atoms with van der Waals surface area (Å²) in [4.78, 5) is 26.3. The van der Waals surface area contributed by atoms with E-state index in [1.54, 1.807) is 26.8 Å². The number of ether oxygens (including phenoxy) is 1. The lowest BCUT2D eigenvalue weighted by atomic mass is 9.76. The number of hydrogen-bond acceptors (Lipinski definition) is 5. The van der Waals surface area contributed by atoms with Crippen molar-refractivity contribution in [2.75, 3.05) is 0 Å². The molecule has 0 bridgehead atoms. The highest BCUT2D eigenvalue weighted by molar-refractivity contribution is 8.05. The third-order valence-corrected chi connectivity index (χ3v) is 5.98. The molecule has 0 fully saturated rings. The Bertz CT molecular complexity index is 947. The van der Waals surface area contributed by atoms with E-state index in [-0.39, 0.29) is 5.78 Å². The minimum Gasteiger partial charge on any atom is -0.444 e. The fourth-order valence-corrected chi connectivity index (χ4v) is 4.56. The largest absolute Gasteiger partial charge is 0.444 e. The fourth-order valence-electron chi connectivity index (χ4n) is 3.67. The van der Waals surface area contributed by atoms with Crippen LogP contribution in [0.5, 0.6) is 0 Å². The molecule has 0 saturated heterocycles. The zero-order valence-corrected chi connectivity index (χ0v) is 17.6. The summed E-state index contributed by atoms with van der Waals surface area (Å²) in [6.07, 6.45) is 0.475. The van der Waals surface area contributed by atoms with Crippen LogP contribution >= 0.6 is 11.8 Å². The number of thiocyanates is 1. The number of thioether (sulfide) groups is 1. The Kier molecular flexibility index (Phi) is 5.99. The van der Waals surface area contributed by atoms with E-state index in [0.717, 1.165) is 22.9 Å². The fraction of sp³-hybridized carbons (Fsp3) is 0.348. The molecule has 6 heteroatoms. The summed E-state index contributed by atoms with van der Waals surface area (Å²) in [5, 5.41) is 14.6. The number of benzene rings is 2. The molecule has 1 aliphatic carbocycles. The smallest absolute Gasteiger partial charge is 0.408 e. The van der Waals surface area contributed by atoms with E-state index in [1.807, 2.05) is 48.5 Å². The van der Waals surface area contributed by atoms with Gasteiger partial charge in [-0.25, -0.2) is 4.79 Å². The lowest BCUT2D eigenvalue weighted by Crippen LogP contribution is -2.52. The number of carbonyl (C=O) groups excluding carboxylic acids is 2. The van der Waals surface area contributed by atoms with Crippen LogP contribution in [0.25, 0.3) is 0 Å². The van der Waals surface area contributed by atoms with Crippen molar-refractivity contribution in [1.29, 1.82) is 5.26 Å². The number of amides is 1. The van der Waals surface area contributed by atoms with Crippen LogP contribution in [-0.2, 0) is 11.2 Å². The topological polar surface area (TPSA) is 79.2 Å². The van der Waals surface area contributed by atoms with E-state index in [2.05, 4.69) is 10.7 Å². The van der Waals surface area contributed by atoms with Gasteiger partial charge in [-0.3, -0.25) is 4.79 Å². The Morgan fingerprint density at radius 1 is 1.17 bits per heavy atom. The molecule has 2 aromatic carbocycles. The molecule has 0 aromatic heterocycles. The Labute approximate surface area is 175 Å². The summed E-state index contributed by atoms with van der Waals surface area (Å²) in [6.45, 7) is 5.35. The number of hydrogen-bond donors (Lipinski definition) is 1. The first-order valence-corrected chi connectivity index (χ1v) is 10.3. The molecule has 0 radical (unpaired) electrons. The Hall–Kier alpha value is -2.78. The van der Waals surface area contributed by atoms with E-state index >= 15 is 0 Å². The Balaban J connectivity index is 2.07. The molecule has 0 heterocycles. The Morgan fingerprint density at radius 3 is 2.48 bits per heavy atom. The first-order valence-electron chi connectivity index (χ1n) is 9.51. The van der Waals surface area contributed by atoms with Crippen molar-refractivity contribution in [3.8, 4) is 5.40 Å². The molecule has 1 N–H and O–H groups in total. The van der Waals surface area contributed by atoms with Gasteiger partial charge in [0, 0.05) is 5.56 Å². The van der Waals surface area contributed by atoms with E-state index in [0.29, 0.717) is 18.4 Å². The first-order chi connectivity index (χ1) is 13.8. The van der Waals surface area contributed by atoms with Crippen molar-refractivity contribution >= 4 is 23.6 Å². The quantitative estimate of drug-likeness (QED) is 0.718. The van der Waals surface area contributed by atoms with Gasteiger partial charge in [-0.1, -0.05) is 54.6 Å². The standard InChI is InChI=1S/C23H24N2O3S/c1-22(2,3)28-21(27)25-19(17-10-5-4-6-11-17)23(29-15-24)14-13-16-9-7-8-12-18(16)20(23)26/h4-12,19H,13-14H2,1-3H3,(H,25,27)/t19-,23-/m0/s1. The molecule has 29 heavy (non-hydrogen) atoms. The van der Waals surface area contributed by atoms with E-state index < -0.39 is 22.5 Å². The van der Waals surface area contributed by atoms with Gasteiger partial charge in [0.1, 0.15) is 15.7 Å². The second-order valence-electron chi connectivity index (χ2n) is 8.06. The molecule has 2 atom stereocenters. The number of ketones is 1. The van der Waals surface area contributed by atoms with Crippen LogP contribution in [0.4, 0.5) is 4.79 Å². The van der Waals surface area contributed by atoms with Crippen LogP contribution in [0.1, 0.15) is 54.7 Å². The highest BCUT2D eigenvalue weighted by Gasteiger charge is 2.51.